The SMILES string of the molecule is O=c1[nH]c(C2CSCCO2)ncc1I. The average Bonchev–Trinajstić information content (AvgIpc) is 2.23. The van der Waals surface area contributed by atoms with E-state index in [1.165, 1.54) is 0 Å². The summed E-state index contributed by atoms with van der Waals surface area (Å²) in [4.78, 5) is 18.2. The van der Waals surface area contributed by atoms with Crippen LogP contribution in [0.2, 0.25) is 0 Å². The Hall–Kier alpha value is -0.0800. The summed E-state index contributed by atoms with van der Waals surface area (Å²) in [6.45, 7) is 0.727. The van der Waals surface area contributed by atoms with Gasteiger partial charge in [0.25, 0.3) is 5.56 Å². The van der Waals surface area contributed by atoms with Crippen LogP contribution in [0.1, 0.15) is 11.9 Å². The Morgan fingerprint density at radius 1 is 1.71 bits per heavy atom. The Balaban J connectivity index is 2.23. The lowest BCUT2D eigenvalue weighted by molar-refractivity contribution is 0.0692. The lowest BCUT2D eigenvalue weighted by Gasteiger charge is -2.20. The van der Waals surface area contributed by atoms with E-state index in [-0.39, 0.29) is 11.7 Å². The molecule has 76 valence electrons. The number of rotatable bonds is 1. The highest BCUT2D eigenvalue weighted by Crippen LogP contribution is 2.23. The first-order valence-electron chi connectivity index (χ1n) is 4.21. The molecule has 1 aromatic rings. The molecule has 1 fully saturated rings. The molecule has 4 nitrogen and oxygen atoms in total. The van der Waals surface area contributed by atoms with Gasteiger partial charge in [0.1, 0.15) is 11.9 Å². The van der Waals surface area contributed by atoms with Crippen LogP contribution in [-0.4, -0.2) is 28.1 Å². The molecule has 0 amide bonds. The fourth-order valence-corrected chi connectivity index (χ4v) is 2.33. The number of halogens is 1. The molecule has 0 saturated carbocycles. The molecule has 1 unspecified atom stereocenters. The van der Waals surface area contributed by atoms with Gasteiger partial charge in [0, 0.05) is 17.7 Å². The summed E-state index contributed by atoms with van der Waals surface area (Å²) in [5.74, 6) is 2.52. The molecule has 1 N–H and O–H groups in total. The van der Waals surface area contributed by atoms with E-state index in [0.717, 1.165) is 18.1 Å². The second kappa shape index (κ2) is 4.63. The van der Waals surface area contributed by atoms with Crippen LogP contribution in [0.4, 0.5) is 0 Å². The van der Waals surface area contributed by atoms with Crippen molar-refractivity contribution in [2.45, 2.75) is 6.10 Å². The molecule has 1 saturated heterocycles. The van der Waals surface area contributed by atoms with Gasteiger partial charge in [-0.15, -0.1) is 0 Å². The fourth-order valence-electron chi connectivity index (χ4n) is 1.20. The topological polar surface area (TPSA) is 55.0 Å². The molecule has 6 heteroatoms. The predicted octanol–water partition coefficient (Wildman–Crippen LogP) is 1.18. The smallest absolute Gasteiger partial charge is 0.264 e. The molecule has 0 spiro atoms. The quantitative estimate of drug-likeness (QED) is 0.788. The van der Waals surface area contributed by atoms with Crippen molar-refractivity contribution in [1.82, 2.24) is 9.97 Å². The van der Waals surface area contributed by atoms with Gasteiger partial charge in [-0.3, -0.25) is 4.79 Å². The summed E-state index contributed by atoms with van der Waals surface area (Å²) >= 11 is 3.78. The maximum absolute atomic E-state index is 11.3. The van der Waals surface area contributed by atoms with Crippen molar-refractivity contribution in [3.8, 4) is 0 Å². The van der Waals surface area contributed by atoms with Crippen LogP contribution >= 0.6 is 34.4 Å². The van der Waals surface area contributed by atoms with Crippen LogP contribution in [0, 0.1) is 3.57 Å². The van der Waals surface area contributed by atoms with Crippen molar-refractivity contribution in [2.75, 3.05) is 18.1 Å². The zero-order valence-electron chi connectivity index (χ0n) is 7.33. The van der Waals surface area contributed by atoms with Gasteiger partial charge >= 0.3 is 0 Å². The Morgan fingerprint density at radius 3 is 3.21 bits per heavy atom. The first-order valence-corrected chi connectivity index (χ1v) is 6.45. The first-order chi connectivity index (χ1) is 6.77. The number of hydrogen-bond acceptors (Lipinski definition) is 4. The van der Waals surface area contributed by atoms with Crippen molar-refractivity contribution in [3.05, 3.63) is 25.9 Å². The van der Waals surface area contributed by atoms with Crippen LogP contribution in [-0.2, 0) is 4.74 Å². The number of aromatic nitrogens is 2. The molecular formula is C8H9IN2O2S. The number of H-pyrrole nitrogens is 1. The highest BCUT2D eigenvalue weighted by Gasteiger charge is 2.18. The molecule has 2 rings (SSSR count). The summed E-state index contributed by atoms with van der Waals surface area (Å²) in [5, 5.41) is 0. The molecule has 14 heavy (non-hydrogen) atoms. The second-order valence-electron chi connectivity index (χ2n) is 2.88. The minimum absolute atomic E-state index is 0.0570. The zero-order valence-corrected chi connectivity index (χ0v) is 10.3. The number of thioether (sulfide) groups is 1. The van der Waals surface area contributed by atoms with E-state index in [0.29, 0.717) is 9.39 Å². The highest BCUT2D eigenvalue weighted by atomic mass is 127. The van der Waals surface area contributed by atoms with Gasteiger partial charge in [-0.05, 0) is 22.6 Å². The van der Waals surface area contributed by atoms with Gasteiger partial charge in [-0.2, -0.15) is 11.8 Å². The Labute approximate surface area is 99.0 Å². The molecule has 1 aromatic heterocycles. The van der Waals surface area contributed by atoms with Gasteiger partial charge in [-0.1, -0.05) is 0 Å². The van der Waals surface area contributed by atoms with Crippen molar-refractivity contribution in [1.29, 1.82) is 0 Å². The summed E-state index contributed by atoms with van der Waals surface area (Å²) in [7, 11) is 0. The summed E-state index contributed by atoms with van der Waals surface area (Å²) in [6, 6.07) is 0. The van der Waals surface area contributed by atoms with Crippen LogP contribution in [0.25, 0.3) is 0 Å². The van der Waals surface area contributed by atoms with Crippen molar-refractivity contribution < 1.29 is 4.74 Å². The van der Waals surface area contributed by atoms with Crippen LogP contribution in [0.5, 0.6) is 0 Å². The maximum atomic E-state index is 11.3. The predicted molar refractivity (Wildman–Crippen MR) is 63.6 cm³/mol. The number of ether oxygens (including phenoxy) is 1. The van der Waals surface area contributed by atoms with E-state index in [2.05, 4.69) is 9.97 Å². The van der Waals surface area contributed by atoms with E-state index in [4.69, 9.17) is 4.74 Å². The monoisotopic (exact) mass is 324 g/mol. The van der Waals surface area contributed by atoms with Gasteiger partial charge in [0.2, 0.25) is 0 Å². The number of aromatic amines is 1. The Morgan fingerprint density at radius 2 is 2.57 bits per heavy atom. The molecular weight excluding hydrogens is 315 g/mol. The molecule has 0 aliphatic carbocycles. The average molecular weight is 324 g/mol. The van der Waals surface area contributed by atoms with Crippen molar-refractivity contribution in [3.63, 3.8) is 0 Å². The molecule has 1 aliphatic heterocycles. The molecule has 0 radical (unpaired) electrons. The summed E-state index contributed by atoms with van der Waals surface area (Å²) in [6.07, 6.45) is 1.52. The van der Waals surface area contributed by atoms with Gasteiger partial charge in [-0.25, -0.2) is 4.98 Å². The minimum Gasteiger partial charge on any atom is -0.369 e. The van der Waals surface area contributed by atoms with E-state index in [1.807, 2.05) is 34.4 Å². The number of nitrogens with one attached hydrogen (secondary N) is 1. The standard InChI is InChI=1S/C8H9IN2O2S/c9-5-3-10-7(11-8(5)12)6-4-14-2-1-13-6/h3,6H,1-2,4H2,(H,10,11,12). The van der Waals surface area contributed by atoms with Crippen LogP contribution < -0.4 is 5.56 Å². The Kier molecular flexibility index (Phi) is 3.45. The molecule has 2 heterocycles. The van der Waals surface area contributed by atoms with Crippen LogP contribution in [0.15, 0.2) is 11.0 Å². The van der Waals surface area contributed by atoms with E-state index in [1.54, 1.807) is 6.20 Å². The highest BCUT2D eigenvalue weighted by molar-refractivity contribution is 14.1. The van der Waals surface area contributed by atoms with E-state index in [9.17, 15) is 4.79 Å². The first kappa shape index (κ1) is 10.4. The van der Waals surface area contributed by atoms with Gasteiger partial charge < -0.3 is 9.72 Å². The second-order valence-corrected chi connectivity index (χ2v) is 5.19. The third-order valence-electron chi connectivity index (χ3n) is 1.90. The fraction of sp³-hybridized carbons (Fsp3) is 0.500. The molecule has 1 atom stereocenters. The van der Waals surface area contributed by atoms with Crippen molar-refractivity contribution in [2.24, 2.45) is 0 Å². The van der Waals surface area contributed by atoms with E-state index >= 15 is 0 Å². The van der Waals surface area contributed by atoms with Gasteiger partial charge in [0.05, 0.1) is 10.2 Å². The largest absolute Gasteiger partial charge is 0.369 e. The third-order valence-corrected chi connectivity index (χ3v) is 3.66. The summed E-state index contributed by atoms with van der Waals surface area (Å²) in [5.41, 5.74) is -0.0882. The molecule has 1 aliphatic rings. The number of hydrogen-bond donors (Lipinski definition) is 1. The minimum atomic E-state index is -0.0882. The normalized spacial score (nSPS) is 22.2. The Bertz CT molecular complexity index is 376. The van der Waals surface area contributed by atoms with Gasteiger partial charge in [0.15, 0.2) is 0 Å². The zero-order chi connectivity index (χ0) is 9.97. The third kappa shape index (κ3) is 2.29. The van der Waals surface area contributed by atoms with Crippen molar-refractivity contribution >= 4 is 34.4 Å². The lowest BCUT2D eigenvalue weighted by atomic mass is 10.3. The lowest BCUT2D eigenvalue weighted by Crippen LogP contribution is -2.22. The summed E-state index contributed by atoms with van der Waals surface area (Å²) < 4.78 is 6.11. The molecule has 0 bridgehead atoms. The van der Waals surface area contributed by atoms with Crippen LogP contribution in [0.3, 0.4) is 0 Å². The maximum Gasteiger partial charge on any atom is 0.264 e. The van der Waals surface area contributed by atoms with E-state index < -0.39 is 0 Å². The molecule has 0 aromatic carbocycles. The number of nitrogens with zero attached hydrogens (tertiary/aromatic N) is 1.